The van der Waals surface area contributed by atoms with Crippen LogP contribution >= 0.6 is 0 Å². The third-order valence-electron chi connectivity index (χ3n) is 3.57. The van der Waals surface area contributed by atoms with Gasteiger partial charge in [-0.1, -0.05) is 0 Å². The number of aryl methyl sites for hydroxylation is 1. The zero-order valence-corrected chi connectivity index (χ0v) is 12.4. The van der Waals surface area contributed by atoms with E-state index in [1.807, 2.05) is 0 Å². The van der Waals surface area contributed by atoms with Gasteiger partial charge in [0.1, 0.15) is 19.6 Å². The van der Waals surface area contributed by atoms with Crippen molar-refractivity contribution in [2.45, 2.75) is 19.6 Å². The highest BCUT2D eigenvalue weighted by Crippen LogP contribution is 2.28. The third-order valence-corrected chi connectivity index (χ3v) is 3.57. The van der Waals surface area contributed by atoms with Crippen LogP contribution in [0.3, 0.4) is 0 Å². The Morgan fingerprint density at radius 2 is 2.14 bits per heavy atom. The molecule has 1 aromatic rings. The minimum absolute atomic E-state index is 0.208. The number of carbonyl (C=O) groups is 1. The first kappa shape index (κ1) is 16.8. The summed E-state index contributed by atoms with van der Waals surface area (Å²) in [6, 6.07) is 0.936. The van der Waals surface area contributed by atoms with Crippen molar-refractivity contribution >= 4 is 5.91 Å². The molecule has 0 atom stereocenters. The molecule has 0 spiro atoms. The first-order valence-electron chi connectivity index (χ1n) is 7.16. The van der Waals surface area contributed by atoms with E-state index >= 15 is 0 Å². The Kier molecular flexibility index (Phi) is 5.41. The van der Waals surface area contributed by atoms with Crippen molar-refractivity contribution in [2.24, 2.45) is 0 Å². The number of nitrogens with one attached hydrogen (secondary N) is 2. The quantitative estimate of drug-likeness (QED) is 0.750. The van der Waals surface area contributed by atoms with Crippen molar-refractivity contribution in [1.82, 2.24) is 15.1 Å². The van der Waals surface area contributed by atoms with E-state index in [4.69, 9.17) is 4.74 Å². The van der Waals surface area contributed by atoms with Gasteiger partial charge < -0.3 is 15.0 Å². The van der Waals surface area contributed by atoms with Crippen LogP contribution in [0.2, 0.25) is 0 Å². The lowest BCUT2D eigenvalue weighted by atomic mass is 10.3. The molecule has 2 heterocycles. The number of ether oxygens (including phenoxy) is 1. The average Bonchev–Trinajstić information content (AvgIpc) is 2.81. The van der Waals surface area contributed by atoms with Crippen LogP contribution < -0.4 is 10.2 Å². The van der Waals surface area contributed by atoms with Gasteiger partial charge in [-0.15, -0.1) is 0 Å². The molecule has 124 valence electrons. The number of halogens is 3. The van der Waals surface area contributed by atoms with E-state index in [9.17, 15) is 18.0 Å². The van der Waals surface area contributed by atoms with E-state index in [-0.39, 0.29) is 12.5 Å². The normalized spacial score (nSPS) is 16.7. The van der Waals surface area contributed by atoms with Gasteiger partial charge in [0.05, 0.1) is 26.3 Å². The minimum atomic E-state index is -4.49. The molecule has 9 heteroatoms. The SMILES string of the molecule is Cc1cc(C(F)(F)F)nn1CC(=O)NCC[NH+]1CCOCC1. The Labute approximate surface area is 126 Å². The van der Waals surface area contributed by atoms with Crippen LogP contribution in [0.4, 0.5) is 13.2 Å². The predicted octanol–water partition coefficient (Wildman–Crippen LogP) is -0.758. The number of quaternary nitrogens is 1. The molecule has 1 amide bonds. The van der Waals surface area contributed by atoms with E-state index in [1.165, 1.54) is 11.8 Å². The maximum atomic E-state index is 12.5. The van der Waals surface area contributed by atoms with Gasteiger partial charge in [0.2, 0.25) is 5.91 Å². The zero-order chi connectivity index (χ0) is 16.2. The molecule has 1 aromatic heterocycles. The summed E-state index contributed by atoms with van der Waals surface area (Å²) >= 11 is 0. The lowest BCUT2D eigenvalue weighted by Gasteiger charge is -2.23. The lowest BCUT2D eigenvalue weighted by molar-refractivity contribution is -0.906. The summed E-state index contributed by atoms with van der Waals surface area (Å²) in [5, 5.41) is 6.14. The monoisotopic (exact) mass is 321 g/mol. The number of morpholine rings is 1. The molecule has 1 aliphatic rings. The largest absolute Gasteiger partial charge is 0.435 e. The fraction of sp³-hybridized carbons (Fsp3) is 0.692. The number of hydrogen-bond acceptors (Lipinski definition) is 3. The van der Waals surface area contributed by atoms with Crippen molar-refractivity contribution in [2.75, 3.05) is 39.4 Å². The Balaban J connectivity index is 1.78. The zero-order valence-electron chi connectivity index (χ0n) is 12.4. The minimum Gasteiger partial charge on any atom is -0.370 e. The molecule has 2 N–H and O–H groups in total. The average molecular weight is 321 g/mol. The lowest BCUT2D eigenvalue weighted by Crippen LogP contribution is -3.14. The highest BCUT2D eigenvalue weighted by Gasteiger charge is 2.34. The molecule has 0 radical (unpaired) electrons. The highest BCUT2D eigenvalue weighted by atomic mass is 19.4. The summed E-state index contributed by atoms with van der Waals surface area (Å²) in [6.07, 6.45) is -4.49. The molecule has 22 heavy (non-hydrogen) atoms. The fourth-order valence-electron chi connectivity index (χ4n) is 2.29. The Hall–Kier alpha value is -1.61. The Morgan fingerprint density at radius 1 is 1.45 bits per heavy atom. The van der Waals surface area contributed by atoms with E-state index in [0.29, 0.717) is 12.2 Å². The molecule has 1 aliphatic heterocycles. The maximum Gasteiger partial charge on any atom is 0.435 e. The summed E-state index contributed by atoms with van der Waals surface area (Å²) in [5.41, 5.74) is -0.670. The summed E-state index contributed by atoms with van der Waals surface area (Å²) < 4.78 is 43.9. The fourth-order valence-corrected chi connectivity index (χ4v) is 2.29. The summed E-state index contributed by atoms with van der Waals surface area (Å²) in [4.78, 5) is 13.1. The molecule has 6 nitrogen and oxygen atoms in total. The van der Waals surface area contributed by atoms with Crippen LogP contribution in [-0.2, 0) is 22.3 Å². The topological polar surface area (TPSA) is 60.6 Å². The van der Waals surface area contributed by atoms with Crippen LogP contribution in [0, 0.1) is 6.92 Å². The van der Waals surface area contributed by atoms with Crippen LogP contribution in [0.1, 0.15) is 11.4 Å². The number of amides is 1. The van der Waals surface area contributed by atoms with Crippen LogP contribution in [0.5, 0.6) is 0 Å². The molecular formula is C13H20F3N4O2+. The predicted molar refractivity (Wildman–Crippen MR) is 71.4 cm³/mol. The van der Waals surface area contributed by atoms with Gasteiger partial charge in [-0.05, 0) is 13.0 Å². The molecular weight excluding hydrogens is 301 g/mol. The Bertz CT molecular complexity index is 510. The van der Waals surface area contributed by atoms with E-state index in [1.54, 1.807) is 0 Å². The van der Waals surface area contributed by atoms with Gasteiger partial charge in [-0.2, -0.15) is 18.3 Å². The maximum absolute atomic E-state index is 12.5. The Morgan fingerprint density at radius 3 is 2.73 bits per heavy atom. The molecule has 0 aliphatic carbocycles. The number of rotatable bonds is 5. The van der Waals surface area contributed by atoms with Crippen LogP contribution in [0.25, 0.3) is 0 Å². The third kappa shape index (κ3) is 4.70. The molecule has 1 fully saturated rings. The summed E-state index contributed by atoms with van der Waals surface area (Å²) in [6.45, 7) is 5.80. The van der Waals surface area contributed by atoms with Crippen molar-refractivity contribution < 1.29 is 27.6 Å². The number of carbonyl (C=O) groups excluding carboxylic acids is 1. The second-order valence-corrected chi connectivity index (χ2v) is 5.29. The number of alkyl halides is 3. The van der Waals surface area contributed by atoms with Gasteiger partial charge in [0.25, 0.3) is 0 Å². The highest BCUT2D eigenvalue weighted by molar-refractivity contribution is 5.75. The first-order chi connectivity index (χ1) is 10.4. The molecule has 0 aromatic carbocycles. The van der Waals surface area contributed by atoms with Crippen molar-refractivity contribution in [3.05, 3.63) is 17.5 Å². The number of hydrogen-bond donors (Lipinski definition) is 2. The van der Waals surface area contributed by atoms with Gasteiger partial charge in [0, 0.05) is 5.69 Å². The van der Waals surface area contributed by atoms with Crippen molar-refractivity contribution in [3.63, 3.8) is 0 Å². The van der Waals surface area contributed by atoms with Gasteiger partial charge in [-0.3, -0.25) is 9.48 Å². The summed E-state index contributed by atoms with van der Waals surface area (Å²) in [5.74, 6) is -0.340. The van der Waals surface area contributed by atoms with E-state index in [2.05, 4.69) is 10.4 Å². The number of nitrogens with zero attached hydrogens (tertiary/aromatic N) is 2. The second-order valence-electron chi connectivity index (χ2n) is 5.29. The van der Waals surface area contributed by atoms with E-state index in [0.717, 1.165) is 43.6 Å². The van der Waals surface area contributed by atoms with Crippen LogP contribution in [-0.4, -0.2) is 55.1 Å². The smallest absolute Gasteiger partial charge is 0.370 e. The number of aromatic nitrogens is 2. The molecule has 0 saturated carbocycles. The summed E-state index contributed by atoms with van der Waals surface area (Å²) in [7, 11) is 0. The van der Waals surface area contributed by atoms with E-state index < -0.39 is 11.9 Å². The van der Waals surface area contributed by atoms with Gasteiger partial charge in [-0.25, -0.2) is 0 Å². The molecule has 1 saturated heterocycles. The molecule has 0 bridgehead atoms. The van der Waals surface area contributed by atoms with Crippen LogP contribution in [0.15, 0.2) is 6.07 Å². The van der Waals surface area contributed by atoms with Gasteiger partial charge >= 0.3 is 6.18 Å². The molecule has 2 rings (SSSR count). The first-order valence-corrected chi connectivity index (χ1v) is 7.16. The second kappa shape index (κ2) is 7.10. The standard InChI is InChI=1S/C13H19F3N4O2/c1-10-8-11(13(14,15)16)18-20(10)9-12(21)17-2-3-19-4-6-22-7-5-19/h8H,2-7,9H2,1H3,(H,17,21)/p+1. The van der Waals surface area contributed by atoms with Gasteiger partial charge in [0.15, 0.2) is 5.69 Å². The van der Waals surface area contributed by atoms with Crippen molar-refractivity contribution in [3.8, 4) is 0 Å². The molecule has 0 unspecified atom stereocenters. The van der Waals surface area contributed by atoms with Crippen molar-refractivity contribution in [1.29, 1.82) is 0 Å².